The number of nitrogens with zero attached hydrogens (tertiary/aromatic N) is 1. The van der Waals surface area contributed by atoms with Crippen molar-refractivity contribution in [1.82, 2.24) is 4.90 Å². The van der Waals surface area contributed by atoms with Gasteiger partial charge >= 0.3 is 0 Å². The van der Waals surface area contributed by atoms with Crippen LogP contribution in [0.3, 0.4) is 0 Å². The molecular formula is C10H15NO. The molecule has 0 unspecified atom stereocenters. The number of carbonyl (C=O) groups excluding carboxylic acids is 1. The maximum atomic E-state index is 11.3. The van der Waals surface area contributed by atoms with E-state index in [2.05, 4.69) is 17.7 Å². The molecule has 1 rings (SSSR count). The first-order valence-corrected chi connectivity index (χ1v) is 4.35. The Labute approximate surface area is 73.9 Å². The zero-order chi connectivity index (χ0) is 9.14. The Balaban J connectivity index is 2.56. The van der Waals surface area contributed by atoms with Crippen molar-refractivity contribution in [3.63, 3.8) is 0 Å². The van der Waals surface area contributed by atoms with Gasteiger partial charge in [-0.25, -0.2) is 0 Å². The highest BCUT2D eigenvalue weighted by Gasteiger charge is 2.28. The molecule has 1 heterocycles. The second kappa shape index (κ2) is 3.73. The van der Waals surface area contributed by atoms with E-state index in [0.717, 1.165) is 6.54 Å². The molecule has 2 atom stereocenters. The van der Waals surface area contributed by atoms with Gasteiger partial charge in [-0.2, -0.15) is 0 Å². The summed E-state index contributed by atoms with van der Waals surface area (Å²) in [5.74, 6) is 3.15. The summed E-state index contributed by atoms with van der Waals surface area (Å²) in [7, 11) is 0. The van der Waals surface area contributed by atoms with Crippen molar-refractivity contribution >= 4 is 5.78 Å². The summed E-state index contributed by atoms with van der Waals surface area (Å²) >= 11 is 0. The maximum Gasteiger partial charge on any atom is 0.138 e. The van der Waals surface area contributed by atoms with Crippen molar-refractivity contribution < 1.29 is 4.79 Å². The minimum absolute atomic E-state index is 0.162. The summed E-state index contributed by atoms with van der Waals surface area (Å²) in [5.41, 5.74) is 0. The standard InChI is InChI=1S/C10H15NO/c1-4-5-11-7-8(2)10(12)6-9(11)3/h1,8-9H,5-7H2,2-3H3/t8-,9-/m1/s1. The average Bonchev–Trinajstić information content (AvgIpc) is 2.01. The minimum atomic E-state index is 0.162. The molecule has 1 aliphatic rings. The average molecular weight is 165 g/mol. The van der Waals surface area contributed by atoms with Gasteiger partial charge in [-0.1, -0.05) is 12.8 Å². The Morgan fingerprint density at radius 3 is 2.92 bits per heavy atom. The molecule has 0 bridgehead atoms. The monoisotopic (exact) mass is 165 g/mol. The normalized spacial score (nSPS) is 31.6. The van der Waals surface area contributed by atoms with Crippen LogP contribution in [0.2, 0.25) is 0 Å². The van der Waals surface area contributed by atoms with Crippen molar-refractivity contribution in [3.05, 3.63) is 0 Å². The van der Waals surface area contributed by atoms with E-state index in [0.29, 0.717) is 24.8 Å². The van der Waals surface area contributed by atoms with Gasteiger partial charge in [0.2, 0.25) is 0 Å². The maximum absolute atomic E-state index is 11.3. The molecule has 66 valence electrons. The predicted octanol–water partition coefficient (Wildman–Crippen LogP) is 0.919. The first kappa shape index (κ1) is 9.28. The highest BCUT2D eigenvalue weighted by molar-refractivity contribution is 5.82. The van der Waals surface area contributed by atoms with Gasteiger partial charge in [-0.05, 0) is 6.92 Å². The lowest BCUT2D eigenvalue weighted by molar-refractivity contribution is -0.127. The van der Waals surface area contributed by atoms with E-state index in [-0.39, 0.29) is 5.92 Å². The molecule has 0 spiro atoms. The fourth-order valence-electron chi connectivity index (χ4n) is 1.59. The first-order chi connectivity index (χ1) is 5.65. The fraction of sp³-hybridized carbons (Fsp3) is 0.700. The summed E-state index contributed by atoms with van der Waals surface area (Å²) < 4.78 is 0. The van der Waals surface area contributed by atoms with Gasteiger partial charge in [0.05, 0.1) is 6.54 Å². The molecule has 2 heteroatoms. The molecule has 1 fully saturated rings. The topological polar surface area (TPSA) is 20.3 Å². The van der Waals surface area contributed by atoms with Gasteiger partial charge < -0.3 is 0 Å². The van der Waals surface area contributed by atoms with Crippen molar-refractivity contribution in [3.8, 4) is 12.3 Å². The van der Waals surface area contributed by atoms with Crippen LogP contribution in [0.1, 0.15) is 20.3 Å². The van der Waals surface area contributed by atoms with Crippen molar-refractivity contribution in [2.24, 2.45) is 5.92 Å². The van der Waals surface area contributed by atoms with E-state index in [1.807, 2.05) is 6.92 Å². The fourth-order valence-corrected chi connectivity index (χ4v) is 1.59. The number of ketones is 1. The lowest BCUT2D eigenvalue weighted by Crippen LogP contribution is -2.45. The number of terminal acetylenes is 1. The number of Topliss-reactive ketones (excluding diaryl/α,β-unsaturated/α-hetero) is 1. The van der Waals surface area contributed by atoms with E-state index in [9.17, 15) is 4.79 Å². The van der Waals surface area contributed by atoms with Crippen molar-refractivity contribution in [1.29, 1.82) is 0 Å². The van der Waals surface area contributed by atoms with Crippen LogP contribution in [-0.4, -0.2) is 29.8 Å². The smallest absolute Gasteiger partial charge is 0.138 e. The highest BCUT2D eigenvalue weighted by Crippen LogP contribution is 2.17. The van der Waals surface area contributed by atoms with Crippen LogP contribution in [0.15, 0.2) is 0 Å². The van der Waals surface area contributed by atoms with Gasteiger partial charge in [0.25, 0.3) is 0 Å². The number of carbonyl (C=O) groups is 1. The van der Waals surface area contributed by atoms with E-state index in [4.69, 9.17) is 6.42 Å². The molecule has 0 saturated carbocycles. The van der Waals surface area contributed by atoms with Crippen LogP contribution in [0.4, 0.5) is 0 Å². The highest BCUT2D eigenvalue weighted by atomic mass is 16.1. The predicted molar refractivity (Wildman–Crippen MR) is 48.7 cm³/mol. The van der Waals surface area contributed by atoms with Crippen LogP contribution in [-0.2, 0) is 4.79 Å². The number of likely N-dealkylation sites (tertiary alicyclic amines) is 1. The van der Waals surface area contributed by atoms with Crippen LogP contribution in [0, 0.1) is 18.3 Å². The Bertz CT molecular complexity index is 216. The van der Waals surface area contributed by atoms with Gasteiger partial charge in [0.15, 0.2) is 0 Å². The van der Waals surface area contributed by atoms with Gasteiger partial charge in [-0.15, -0.1) is 6.42 Å². The minimum Gasteiger partial charge on any atom is -0.299 e. The van der Waals surface area contributed by atoms with Gasteiger partial charge in [0.1, 0.15) is 5.78 Å². The molecule has 2 nitrogen and oxygen atoms in total. The van der Waals surface area contributed by atoms with E-state index in [1.54, 1.807) is 0 Å². The van der Waals surface area contributed by atoms with Crippen LogP contribution in [0.25, 0.3) is 0 Å². The second-order valence-corrected chi connectivity index (χ2v) is 3.55. The Kier molecular flexibility index (Phi) is 2.88. The number of hydrogen-bond donors (Lipinski definition) is 0. The zero-order valence-corrected chi connectivity index (χ0v) is 7.71. The Morgan fingerprint density at radius 1 is 1.67 bits per heavy atom. The second-order valence-electron chi connectivity index (χ2n) is 3.55. The molecule has 0 radical (unpaired) electrons. The summed E-state index contributed by atoms with van der Waals surface area (Å²) in [5, 5.41) is 0. The zero-order valence-electron chi connectivity index (χ0n) is 7.71. The van der Waals surface area contributed by atoms with Crippen LogP contribution < -0.4 is 0 Å². The lowest BCUT2D eigenvalue weighted by Gasteiger charge is -2.34. The lowest BCUT2D eigenvalue weighted by atomic mass is 9.94. The van der Waals surface area contributed by atoms with Crippen molar-refractivity contribution in [2.75, 3.05) is 13.1 Å². The summed E-state index contributed by atoms with van der Waals surface area (Å²) in [6.07, 6.45) is 5.88. The summed E-state index contributed by atoms with van der Waals surface area (Å²) in [4.78, 5) is 13.5. The largest absolute Gasteiger partial charge is 0.299 e. The molecule has 0 aromatic heterocycles. The van der Waals surface area contributed by atoms with E-state index in [1.165, 1.54) is 0 Å². The molecule has 0 aromatic rings. The number of hydrogen-bond acceptors (Lipinski definition) is 2. The third kappa shape index (κ3) is 1.86. The molecule has 12 heavy (non-hydrogen) atoms. The van der Waals surface area contributed by atoms with E-state index < -0.39 is 0 Å². The molecule has 1 aliphatic heterocycles. The molecule has 1 saturated heterocycles. The molecule has 0 aliphatic carbocycles. The molecule has 0 amide bonds. The Morgan fingerprint density at radius 2 is 2.33 bits per heavy atom. The molecular weight excluding hydrogens is 150 g/mol. The van der Waals surface area contributed by atoms with Crippen molar-refractivity contribution in [2.45, 2.75) is 26.3 Å². The van der Waals surface area contributed by atoms with Gasteiger partial charge in [0, 0.05) is 24.9 Å². The molecule has 0 N–H and O–H groups in total. The van der Waals surface area contributed by atoms with Crippen LogP contribution >= 0.6 is 0 Å². The quantitative estimate of drug-likeness (QED) is 0.538. The van der Waals surface area contributed by atoms with E-state index >= 15 is 0 Å². The van der Waals surface area contributed by atoms with Gasteiger partial charge in [-0.3, -0.25) is 9.69 Å². The Hall–Kier alpha value is -0.810. The number of rotatable bonds is 1. The third-order valence-corrected chi connectivity index (χ3v) is 2.47. The SMILES string of the molecule is C#CCN1C[C@@H](C)C(=O)C[C@H]1C. The summed E-state index contributed by atoms with van der Waals surface area (Å²) in [6, 6.07) is 0.324. The molecule has 0 aromatic carbocycles. The summed E-state index contributed by atoms with van der Waals surface area (Å²) in [6.45, 7) is 5.52. The third-order valence-electron chi connectivity index (χ3n) is 2.47. The number of piperidine rings is 1. The first-order valence-electron chi connectivity index (χ1n) is 4.35. The van der Waals surface area contributed by atoms with Crippen LogP contribution in [0.5, 0.6) is 0 Å².